The summed E-state index contributed by atoms with van der Waals surface area (Å²) in [5.74, 6) is 0. The molecule has 0 spiro atoms. The van der Waals surface area contributed by atoms with E-state index in [0.717, 1.165) is 17.0 Å². The van der Waals surface area contributed by atoms with Gasteiger partial charge in [0, 0.05) is 30.9 Å². The topological polar surface area (TPSA) is 120 Å². The molecule has 0 atom stereocenters. The Balaban J connectivity index is 1.78. The Hall–Kier alpha value is -2.91. The van der Waals surface area contributed by atoms with Gasteiger partial charge in [0.1, 0.15) is 5.69 Å². The summed E-state index contributed by atoms with van der Waals surface area (Å²) in [6, 6.07) is 13.5. The number of nitrogens with two attached hydrogens (primary N) is 1. The van der Waals surface area contributed by atoms with Crippen molar-refractivity contribution in [1.29, 1.82) is 0 Å². The first-order chi connectivity index (χ1) is 11.9. The number of fused-ring (bicyclic) bond motifs is 1. The van der Waals surface area contributed by atoms with Crippen LogP contribution in [0, 0.1) is 10.1 Å². The van der Waals surface area contributed by atoms with Crippen LogP contribution in [0.25, 0.3) is 10.9 Å². The standard InChI is InChI=1S/C16H16N4O4S/c17-25(23,24)13-5-6-14(16(11-13)20(21)22)18-8-10-19-9-7-12-3-1-2-4-15(12)19/h1-7,9,11,18H,8,10H2,(H2,17,23,24). The number of nitro groups is 1. The molecule has 0 aliphatic rings. The second-order valence-electron chi connectivity index (χ2n) is 5.48. The van der Waals surface area contributed by atoms with Gasteiger partial charge in [-0.05, 0) is 29.7 Å². The Bertz CT molecular complexity index is 1040. The number of hydrogen-bond donors (Lipinski definition) is 2. The number of nitrogens with zero attached hydrogens (tertiary/aromatic N) is 2. The zero-order valence-electron chi connectivity index (χ0n) is 13.1. The summed E-state index contributed by atoms with van der Waals surface area (Å²) in [5.41, 5.74) is 0.987. The van der Waals surface area contributed by atoms with Crippen LogP contribution < -0.4 is 10.5 Å². The van der Waals surface area contributed by atoms with Gasteiger partial charge in [0.25, 0.3) is 5.69 Å². The number of anilines is 1. The highest BCUT2D eigenvalue weighted by atomic mass is 32.2. The molecule has 1 heterocycles. The predicted octanol–water partition coefficient (Wildman–Crippen LogP) is 2.31. The first-order valence-electron chi connectivity index (χ1n) is 7.45. The molecule has 0 radical (unpaired) electrons. The van der Waals surface area contributed by atoms with Crippen molar-refractivity contribution in [3.05, 3.63) is 64.8 Å². The number of para-hydroxylation sites is 1. The second-order valence-corrected chi connectivity index (χ2v) is 7.04. The summed E-state index contributed by atoms with van der Waals surface area (Å²) in [5, 5.41) is 20.3. The number of benzene rings is 2. The molecule has 130 valence electrons. The number of nitrogens with one attached hydrogen (secondary N) is 1. The third kappa shape index (κ3) is 3.62. The molecule has 8 nitrogen and oxygen atoms in total. The van der Waals surface area contributed by atoms with E-state index < -0.39 is 14.9 Å². The molecule has 0 saturated carbocycles. The summed E-state index contributed by atoms with van der Waals surface area (Å²) >= 11 is 0. The summed E-state index contributed by atoms with van der Waals surface area (Å²) < 4.78 is 24.7. The summed E-state index contributed by atoms with van der Waals surface area (Å²) in [7, 11) is -3.99. The normalized spacial score (nSPS) is 11.6. The van der Waals surface area contributed by atoms with E-state index in [2.05, 4.69) is 5.32 Å². The lowest BCUT2D eigenvalue weighted by Crippen LogP contribution is -2.14. The molecule has 0 saturated heterocycles. The van der Waals surface area contributed by atoms with Crippen molar-refractivity contribution in [3.63, 3.8) is 0 Å². The second kappa shape index (κ2) is 6.54. The number of primary sulfonamides is 1. The highest BCUT2D eigenvalue weighted by Gasteiger charge is 2.18. The molecule has 3 rings (SSSR count). The van der Waals surface area contributed by atoms with E-state index in [1.807, 2.05) is 41.1 Å². The van der Waals surface area contributed by atoms with Gasteiger partial charge in [-0.15, -0.1) is 0 Å². The molecule has 1 aromatic heterocycles. The van der Waals surface area contributed by atoms with Crippen LogP contribution in [0.1, 0.15) is 0 Å². The van der Waals surface area contributed by atoms with Crippen molar-refractivity contribution in [1.82, 2.24) is 4.57 Å². The summed E-state index contributed by atoms with van der Waals surface area (Å²) in [6.07, 6.45) is 1.95. The van der Waals surface area contributed by atoms with Crippen molar-refractivity contribution in [2.45, 2.75) is 11.4 Å². The van der Waals surface area contributed by atoms with Crippen LogP contribution in [0.3, 0.4) is 0 Å². The maximum absolute atomic E-state index is 11.3. The number of aromatic nitrogens is 1. The quantitative estimate of drug-likeness (QED) is 0.516. The minimum atomic E-state index is -3.99. The van der Waals surface area contributed by atoms with Crippen LogP contribution in [0.15, 0.2) is 59.6 Å². The maximum atomic E-state index is 11.3. The molecule has 0 unspecified atom stereocenters. The highest BCUT2D eigenvalue weighted by molar-refractivity contribution is 7.89. The summed E-state index contributed by atoms with van der Waals surface area (Å²) in [4.78, 5) is 10.3. The van der Waals surface area contributed by atoms with Gasteiger partial charge in [-0.1, -0.05) is 18.2 Å². The van der Waals surface area contributed by atoms with Crippen LogP contribution in [0.4, 0.5) is 11.4 Å². The number of hydrogen-bond acceptors (Lipinski definition) is 5. The fraction of sp³-hybridized carbons (Fsp3) is 0.125. The lowest BCUT2D eigenvalue weighted by molar-refractivity contribution is -0.384. The van der Waals surface area contributed by atoms with E-state index in [0.29, 0.717) is 13.1 Å². The number of sulfonamides is 1. The molecule has 2 aromatic carbocycles. The zero-order chi connectivity index (χ0) is 18.0. The molecule has 25 heavy (non-hydrogen) atoms. The van der Waals surface area contributed by atoms with Crippen molar-refractivity contribution in [2.75, 3.05) is 11.9 Å². The number of nitro benzene ring substituents is 1. The molecular weight excluding hydrogens is 344 g/mol. The van der Waals surface area contributed by atoms with Crippen molar-refractivity contribution in [2.24, 2.45) is 5.14 Å². The minimum absolute atomic E-state index is 0.244. The molecule has 0 amide bonds. The van der Waals surface area contributed by atoms with E-state index in [9.17, 15) is 18.5 Å². The van der Waals surface area contributed by atoms with E-state index in [1.54, 1.807) is 0 Å². The lowest BCUT2D eigenvalue weighted by Gasteiger charge is -2.10. The maximum Gasteiger partial charge on any atom is 0.293 e. The fourth-order valence-corrected chi connectivity index (χ4v) is 3.17. The largest absolute Gasteiger partial charge is 0.378 e. The van der Waals surface area contributed by atoms with Gasteiger partial charge in [0.15, 0.2) is 0 Å². The lowest BCUT2D eigenvalue weighted by atomic mass is 10.2. The Morgan fingerprint density at radius 1 is 1.16 bits per heavy atom. The smallest absolute Gasteiger partial charge is 0.293 e. The average molecular weight is 360 g/mol. The average Bonchev–Trinajstić information content (AvgIpc) is 2.97. The molecule has 0 fully saturated rings. The van der Waals surface area contributed by atoms with Crippen LogP contribution in [-0.2, 0) is 16.6 Å². The van der Waals surface area contributed by atoms with Crippen LogP contribution in [0.2, 0.25) is 0 Å². The van der Waals surface area contributed by atoms with Gasteiger partial charge in [0.05, 0.1) is 9.82 Å². The zero-order valence-corrected chi connectivity index (χ0v) is 13.9. The van der Waals surface area contributed by atoms with Gasteiger partial charge < -0.3 is 9.88 Å². The molecule has 0 aliphatic heterocycles. The van der Waals surface area contributed by atoms with Gasteiger partial charge >= 0.3 is 0 Å². The highest BCUT2D eigenvalue weighted by Crippen LogP contribution is 2.27. The Labute approximate surface area is 144 Å². The van der Waals surface area contributed by atoms with Crippen molar-refractivity contribution in [3.8, 4) is 0 Å². The van der Waals surface area contributed by atoms with E-state index in [-0.39, 0.29) is 16.3 Å². The Kier molecular flexibility index (Phi) is 4.43. The first-order valence-corrected chi connectivity index (χ1v) is 9.00. The Morgan fingerprint density at radius 2 is 1.92 bits per heavy atom. The van der Waals surface area contributed by atoms with Gasteiger partial charge in [-0.2, -0.15) is 0 Å². The van der Waals surface area contributed by atoms with Crippen molar-refractivity contribution >= 4 is 32.3 Å². The first kappa shape index (κ1) is 16.9. The van der Waals surface area contributed by atoms with Crippen molar-refractivity contribution < 1.29 is 13.3 Å². The molecule has 3 aromatic rings. The third-order valence-electron chi connectivity index (χ3n) is 3.84. The number of rotatable bonds is 6. The Morgan fingerprint density at radius 3 is 2.64 bits per heavy atom. The molecule has 9 heteroatoms. The third-order valence-corrected chi connectivity index (χ3v) is 4.75. The van der Waals surface area contributed by atoms with E-state index in [1.165, 1.54) is 12.1 Å². The predicted molar refractivity (Wildman–Crippen MR) is 94.9 cm³/mol. The summed E-state index contributed by atoms with van der Waals surface area (Å²) in [6.45, 7) is 1.04. The van der Waals surface area contributed by atoms with Gasteiger partial charge in [0.2, 0.25) is 10.0 Å². The van der Waals surface area contributed by atoms with Gasteiger partial charge in [-0.3, -0.25) is 10.1 Å². The molecular formula is C16H16N4O4S. The van der Waals surface area contributed by atoms with E-state index >= 15 is 0 Å². The minimum Gasteiger partial charge on any atom is -0.378 e. The monoisotopic (exact) mass is 360 g/mol. The van der Waals surface area contributed by atoms with Crippen LogP contribution >= 0.6 is 0 Å². The van der Waals surface area contributed by atoms with Crippen LogP contribution in [-0.4, -0.2) is 24.5 Å². The fourth-order valence-electron chi connectivity index (χ4n) is 2.64. The molecule has 0 bridgehead atoms. The van der Waals surface area contributed by atoms with E-state index in [4.69, 9.17) is 5.14 Å². The molecule has 0 aliphatic carbocycles. The van der Waals surface area contributed by atoms with Gasteiger partial charge in [-0.25, -0.2) is 13.6 Å². The molecule has 3 N–H and O–H groups in total. The SMILES string of the molecule is NS(=O)(=O)c1ccc(NCCn2ccc3ccccc32)c([N+](=O)[O-])c1. The van der Waals surface area contributed by atoms with Crippen LogP contribution in [0.5, 0.6) is 0 Å².